The summed E-state index contributed by atoms with van der Waals surface area (Å²) in [6, 6.07) is 13.3. The van der Waals surface area contributed by atoms with Gasteiger partial charge in [0.1, 0.15) is 11.9 Å². The zero-order chi connectivity index (χ0) is 16.8. The molecule has 2 heterocycles. The highest BCUT2D eigenvalue weighted by atomic mass is 16.5. The molecule has 128 valence electrons. The van der Waals surface area contributed by atoms with E-state index in [1.165, 1.54) is 6.26 Å². The molecule has 1 aliphatic heterocycles. The summed E-state index contributed by atoms with van der Waals surface area (Å²) < 4.78 is 10.6. The van der Waals surface area contributed by atoms with Gasteiger partial charge in [-0.05, 0) is 37.0 Å². The molecule has 0 radical (unpaired) electrons. The van der Waals surface area contributed by atoms with E-state index in [0.717, 1.165) is 5.56 Å². The second kappa shape index (κ2) is 7.64. The Hall–Kier alpha value is -2.11. The number of hydrogen-bond acceptors (Lipinski definition) is 4. The standard InChI is InChI=1S/C19H23NO4/c21-16(17-7-4-12-24-17)8-11-20-18(22)19(9-13-23-14-10-19)15-5-2-1-3-6-15/h1-7,12,16,21H,8-11,13-14H2,(H,20,22)/t16-/m1/s1. The van der Waals surface area contributed by atoms with Gasteiger partial charge in [-0.3, -0.25) is 4.79 Å². The van der Waals surface area contributed by atoms with Gasteiger partial charge < -0.3 is 19.6 Å². The molecule has 1 atom stereocenters. The van der Waals surface area contributed by atoms with Crippen LogP contribution < -0.4 is 5.32 Å². The minimum atomic E-state index is -0.706. The van der Waals surface area contributed by atoms with Crippen LogP contribution in [-0.2, 0) is 14.9 Å². The number of nitrogens with one attached hydrogen (secondary N) is 1. The molecule has 2 aromatic rings. The number of hydrogen-bond donors (Lipinski definition) is 2. The number of carbonyl (C=O) groups is 1. The van der Waals surface area contributed by atoms with Crippen molar-refractivity contribution in [2.45, 2.75) is 30.8 Å². The Bertz CT molecular complexity index is 633. The minimum absolute atomic E-state index is 0.00337. The van der Waals surface area contributed by atoms with E-state index in [-0.39, 0.29) is 5.91 Å². The van der Waals surface area contributed by atoms with Crippen molar-refractivity contribution in [1.29, 1.82) is 0 Å². The van der Waals surface area contributed by atoms with E-state index in [9.17, 15) is 9.90 Å². The normalized spacial score (nSPS) is 18.0. The molecule has 0 spiro atoms. The number of furan rings is 1. The molecule has 1 saturated heterocycles. The smallest absolute Gasteiger partial charge is 0.230 e. The molecular formula is C19H23NO4. The highest BCUT2D eigenvalue weighted by molar-refractivity contribution is 5.88. The van der Waals surface area contributed by atoms with Crippen molar-refractivity contribution in [3.63, 3.8) is 0 Å². The van der Waals surface area contributed by atoms with E-state index in [1.807, 2.05) is 30.3 Å². The maximum Gasteiger partial charge on any atom is 0.230 e. The number of aliphatic hydroxyl groups excluding tert-OH is 1. The van der Waals surface area contributed by atoms with E-state index < -0.39 is 11.5 Å². The van der Waals surface area contributed by atoms with Gasteiger partial charge in [0.15, 0.2) is 0 Å². The molecule has 0 aliphatic carbocycles. The van der Waals surface area contributed by atoms with Crippen molar-refractivity contribution < 1.29 is 19.1 Å². The summed E-state index contributed by atoms with van der Waals surface area (Å²) in [5, 5.41) is 13.0. The van der Waals surface area contributed by atoms with Crippen LogP contribution in [0.15, 0.2) is 53.1 Å². The molecule has 1 aromatic carbocycles. The number of ether oxygens (including phenoxy) is 1. The largest absolute Gasteiger partial charge is 0.467 e. The first kappa shape index (κ1) is 16.7. The predicted molar refractivity (Wildman–Crippen MR) is 89.5 cm³/mol. The van der Waals surface area contributed by atoms with Crippen molar-refractivity contribution in [3.05, 3.63) is 60.1 Å². The second-order valence-corrected chi connectivity index (χ2v) is 6.14. The van der Waals surface area contributed by atoms with Crippen LogP contribution in [0.2, 0.25) is 0 Å². The maximum atomic E-state index is 12.9. The van der Waals surface area contributed by atoms with Gasteiger partial charge in [-0.2, -0.15) is 0 Å². The summed E-state index contributed by atoms with van der Waals surface area (Å²) in [7, 11) is 0. The highest BCUT2D eigenvalue weighted by Gasteiger charge is 2.41. The molecule has 24 heavy (non-hydrogen) atoms. The van der Waals surface area contributed by atoms with Crippen LogP contribution in [-0.4, -0.2) is 30.8 Å². The van der Waals surface area contributed by atoms with Crippen LogP contribution in [0.1, 0.15) is 36.7 Å². The van der Waals surface area contributed by atoms with Crippen molar-refractivity contribution >= 4 is 5.91 Å². The Labute approximate surface area is 141 Å². The molecule has 5 nitrogen and oxygen atoms in total. The van der Waals surface area contributed by atoms with Crippen molar-refractivity contribution in [3.8, 4) is 0 Å². The lowest BCUT2D eigenvalue weighted by atomic mass is 9.73. The van der Waals surface area contributed by atoms with E-state index in [2.05, 4.69) is 5.32 Å². The lowest BCUT2D eigenvalue weighted by molar-refractivity contribution is -0.130. The van der Waals surface area contributed by atoms with Gasteiger partial charge in [0, 0.05) is 19.8 Å². The van der Waals surface area contributed by atoms with Gasteiger partial charge in [-0.15, -0.1) is 0 Å². The summed E-state index contributed by atoms with van der Waals surface area (Å²) >= 11 is 0. The Balaban J connectivity index is 1.64. The lowest BCUT2D eigenvalue weighted by Crippen LogP contribution is -2.48. The summed E-state index contributed by atoms with van der Waals surface area (Å²) in [5.41, 5.74) is 0.479. The van der Waals surface area contributed by atoms with E-state index in [4.69, 9.17) is 9.15 Å². The van der Waals surface area contributed by atoms with Crippen LogP contribution in [0, 0.1) is 0 Å². The van der Waals surface area contributed by atoms with E-state index in [1.54, 1.807) is 12.1 Å². The molecule has 0 unspecified atom stereocenters. The van der Waals surface area contributed by atoms with Gasteiger partial charge >= 0.3 is 0 Å². The summed E-state index contributed by atoms with van der Waals surface area (Å²) in [6.45, 7) is 1.56. The Morgan fingerprint density at radius 1 is 1.17 bits per heavy atom. The monoisotopic (exact) mass is 329 g/mol. The third kappa shape index (κ3) is 3.52. The highest BCUT2D eigenvalue weighted by Crippen LogP contribution is 2.35. The predicted octanol–water partition coefficient (Wildman–Crippen LogP) is 2.57. The van der Waals surface area contributed by atoms with Gasteiger partial charge in [-0.1, -0.05) is 30.3 Å². The lowest BCUT2D eigenvalue weighted by Gasteiger charge is -2.36. The van der Waals surface area contributed by atoms with Crippen molar-refractivity contribution in [2.24, 2.45) is 0 Å². The third-order valence-corrected chi connectivity index (χ3v) is 4.68. The average molecular weight is 329 g/mol. The van der Waals surface area contributed by atoms with Gasteiger partial charge in [-0.25, -0.2) is 0 Å². The molecule has 0 bridgehead atoms. The fourth-order valence-corrected chi connectivity index (χ4v) is 3.24. The fourth-order valence-electron chi connectivity index (χ4n) is 3.24. The topological polar surface area (TPSA) is 71.7 Å². The van der Waals surface area contributed by atoms with Gasteiger partial charge in [0.2, 0.25) is 5.91 Å². The Morgan fingerprint density at radius 3 is 2.58 bits per heavy atom. The summed E-state index contributed by atoms with van der Waals surface area (Å²) in [6.07, 6.45) is 2.58. The third-order valence-electron chi connectivity index (χ3n) is 4.68. The SMILES string of the molecule is O=C(NCC[C@@H](O)c1ccco1)C1(c2ccccc2)CCOCC1. The minimum Gasteiger partial charge on any atom is -0.467 e. The fraction of sp³-hybridized carbons (Fsp3) is 0.421. The molecule has 3 rings (SSSR count). The van der Waals surface area contributed by atoms with E-state index >= 15 is 0 Å². The quantitative estimate of drug-likeness (QED) is 0.854. The molecule has 1 aromatic heterocycles. The second-order valence-electron chi connectivity index (χ2n) is 6.14. The number of carbonyl (C=O) groups excluding carboxylic acids is 1. The maximum absolute atomic E-state index is 12.9. The van der Waals surface area contributed by atoms with Crippen LogP contribution in [0.4, 0.5) is 0 Å². The van der Waals surface area contributed by atoms with E-state index in [0.29, 0.717) is 44.8 Å². The number of aliphatic hydroxyl groups is 1. The number of benzene rings is 1. The molecule has 0 saturated carbocycles. The Morgan fingerprint density at radius 2 is 1.92 bits per heavy atom. The summed E-state index contributed by atoms with van der Waals surface area (Å²) in [5.74, 6) is 0.525. The number of amides is 1. The first-order valence-corrected chi connectivity index (χ1v) is 8.35. The molecular weight excluding hydrogens is 306 g/mol. The molecule has 2 N–H and O–H groups in total. The van der Waals surface area contributed by atoms with Crippen molar-refractivity contribution in [1.82, 2.24) is 5.32 Å². The first-order chi connectivity index (χ1) is 11.7. The first-order valence-electron chi connectivity index (χ1n) is 8.35. The number of rotatable bonds is 6. The van der Waals surface area contributed by atoms with Crippen LogP contribution >= 0.6 is 0 Å². The van der Waals surface area contributed by atoms with Gasteiger partial charge in [0.05, 0.1) is 11.7 Å². The Kier molecular flexibility index (Phi) is 5.33. The van der Waals surface area contributed by atoms with Crippen molar-refractivity contribution in [2.75, 3.05) is 19.8 Å². The molecule has 1 amide bonds. The molecule has 1 aliphatic rings. The summed E-state index contributed by atoms with van der Waals surface area (Å²) in [4.78, 5) is 12.9. The van der Waals surface area contributed by atoms with Crippen LogP contribution in [0.25, 0.3) is 0 Å². The zero-order valence-corrected chi connectivity index (χ0v) is 13.6. The average Bonchev–Trinajstić information content (AvgIpc) is 3.17. The molecule has 5 heteroatoms. The van der Waals surface area contributed by atoms with Crippen LogP contribution in [0.3, 0.4) is 0 Å². The molecule has 1 fully saturated rings. The van der Waals surface area contributed by atoms with Crippen LogP contribution in [0.5, 0.6) is 0 Å². The van der Waals surface area contributed by atoms with Gasteiger partial charge in [0.25, 0.3) is 0 Å². The zero-order valence-electron chi connectivity index (χ0n) is 13.6.